The van der Waals surface area contributed by atoms with Gasteiger partial charge in [-0.15, -0.1) is 0 Å². The lowest BCUT2D eigenvalue weighted by Gasteiger charge is -2.10. The fraction of sp³-hybridized carbons (Fsp3) is 0.182. The number of amides is 1. The van der Waals surface area contributed by atoms with Crippen LogP contribution in [-0.4, -0.2) is 5.91 Å². The minimum absolute atomic E-state index is 0.150. The average molecular weight is 244 g/mol. The number of carbonyl (C=O) groups excluding carboxylic acids is 1. The Labute approximate surface area is 98.7 Å². The molecule has 0 aliphatic rings. The summed E-state index contributed by atoms with van der Waals surface area (Å²) >= 11 is 11.0. The molecular weight excluding hydrogens is 233 g/mol. The maximum atomic E-state index is 11.2. The molecule has 1 aromatic carbocycles. The number of hydrogen-bond donors (Lipinski definition) is 1. The van der Waals surface area contributed by atoms with Gasteiger partial charge in [-0.3, -0.25) is 4.79 Å². The Hall–Kier alpha value is -0.990. The number of rotatable bonds is 4. The molecule has 1 unspecified atom stereocenters. The standard InChI is InChI=1S/C11H11Cl2NO/c12-10(13)7-6-9(11(14)15)8-4-2-1-3-5-8/h1-5,7,9H,6H2,(H2,14,15). The fourth-order valence-electron chi connectivity index (χ4n) is 1.31. The second-order valence-corrected chi connectivity index (χ2v) is 4.10. The number of carbonyl (C=O) groups is 1. The van der Waals surface area contributed by atoms with Crippen LogP contribution in [-0.2, 0) is 4.79 Å². The first-order valence-corrected chi connectivity index (χ1v) is 5.22. The Balaban J connectivity index is 2.85. The fourth-order valence-corrected chi connectivity index (χ4v) is 1.49. The van der Waals surface area contributed by atoms with Crippen LogP contribution >= 0.6 is 23.2 Å². The Bertz CT molecular complexity index is 358. The molecule has 0 heterocycles. The van der Waals surface area contributed by atoms with Gasteiger partial charge in [-0.2, -0.15) is 0 Å². The van der Waals surface area contributed by atoms with E-state index in [2.05, 4.69) is 0 Å². The number of hydrogen-bond acceptors (Lipinski definition) is 1. The minimum atomic E-state index is -0.382. The van der Waals surface area contributed by atoms with E-state index in [4.69, 9.17) is 28.9 Å². The first kappa shape index (κ1) is 12.1. The lowest BCUT2D eigenvalue weighted by Crippen LogP contribution is -2.20. The summed E-state index contributed by atoms with van der Waals surface area (Å²) in [6.45, 7) is 0. The number of halogens is 2. The lowest BCUT2D eigenvalue weighted by atomic mass is 9.95. The highest BCUT2D eigenvalue weighted by Gasteiger charge is 2.15. The van der Waals surface area contributed by atoms with Crippen LogP contribution in [0.2, 0.25) is 0 Å². The Kier molecular flexibility index (Phi) is 4.66. The van der Waals surface area contributed by atoms with Crippen LogP contribution in [0.25, 0.3) is 0 Å². The van der Waals surface area contributed by atoms with Crippen LogP contribution in [0.15, 0.2) is 40.9 Å². The third-order valence-corrected chi connectivity index (χ3v) is 2.36. The van der Waals surface area contributed by atoms with Crippen molar-refractivity contribution in [3.05, 3.63) is 46.5 Å². The molecule has 0 saturated heterocycles. The van der Waals surface area contributed by atoms with Gasteiger partial charge < -0.3 is 5.73 Å². The minimum Gasteiger partial charge on any atom is -0.369 e. The van der Waals surface area contributed by atoms with E-state index in [1.54, 1.807) is 6.08 Å². The second-order valence-electron chi connectivity index (χ2n) is 3.10. The van der Waals surface area contributed by atoms with E-state index >= 15 is 0 Å². The van der Waals surface area contributed by atoms with E-state index in [0.717, 1.165) is 5.56 Å². The molecule has 80 valence electrons. The van der Waals surface area contributed by atoms with Gasteiger partial charge in [0.15, 0.2) is 0 Å². The summed E-state index contributed by atoms with van der Waals surface area (Å²) in [6.07, 6.45) is 1.99. The van der Waals surface area contributed by atoms with Gasteiger partial charge in [-0.25, -0.2) is 0 Å². The van der Waals surface area contributed by atoms with Crippen molar-refractivity contribution in [3.8, 4) is 0 Å². The molecule has 0 saturated carbocycles. The van der Waals surface area contributed by atoms with Crippen molar-refractivity contribution in [1.82, 2.24) is 0 Å². The zero-order valence-electron chi connectivity index (χ0n) is 7.99. The van der Waals surface area contributed by atoms with E-state index in [0.29, 0.717) is 6.42 Å². The average Bonchev–Trinajstić information content (AvgIpc) is 2.18. The number of primary amides is 1. The van der Waals surface area contributed by atoms with Gasteiger partial charge in [0.1, 0.15) is 4.49 Å². The summed E-state index contributed by atoms with van der Waals surface area (Å²) in [5.41, 5.74) is 6.17. The molecular formula is C11H11Cl2NO. The molecule has 0 bridgehead atoms. The quantitative estimate of drug-likeness (QED) is 0.869. The highest BCUT2D eigenvalue weighted by molar-refractivity contribution is 6.55. The summed E-state index contributed by atoms with van der Waals surface area (Å²) in [6, 6.07) is 9.30. The zero-order valence-corrected chi connectivity index (χ0v) is 9.50. The van der Waals surface area contributed by atoms with Crippen molar-refractivity contribution >= 4 is 29.1 Å². The van der Waals surface area contributed by atoms with Gasteiger partial charge in [0.05, 0.1) is 5.92 Å². The van der Waals surface area contributed by atoms with Gasteiger partial charge in [-0.05, 0) is 12.0 Å². The summed E-state index contributed by atoms with van der Waals surface area (Å²) in [5.74, 6) is -0.759. The Morgan fingerprint density at radius 2 is 1.93 bits per heavy atom. The molecule has 1 amide bonds. The Morgan fingerprint density at radius 3 is 2.40 bits per heavy atom. The van der Waals surface area contributed by atoms with Crippen LogP contribution in [0.4, 0.5) is 0 Å². The molecule has 0 spiro atoms. The molecule has 15 heavy (non-hydrogen) atoms. The largest absolute Gasteiger partial charge is 0.369 e. The number of allylic oxidation sites excluding steroid dienone is 1. The molecule has 0 aromatic heterocycles. The van der Waals surface area contributed by atoms with Crippen molar-refractivity contribution in [1.29, 1.82) is 0 Å². The molecule has 2 N–H and O–H groups in total. The highest BCUT2D eigenvalue weighted by atomic mass is 35.5. The predicted octanol–water partition coefficient (Wildman–Crippen LogP) is 2.96. The molecule has 0 radical (unpaired) electrons. The summed E-state index contributed by atoms with van der Waals surface area (Å²) in [7, 11) is 0. The van der Waals surface area contributed by atoms with Gasteiger partial charge in [-0.1, -0.05) is 59.6 Å². The van der Waals surface area contributed by atoms with Gasteiger partial charge in [0, 0.05) is 0 Å². The van der Waals surface area contributed by atoms with Crippen molar-refractivity contribution in [2.24, 2.45) is 5.73 Å². The SMILES string of the molecule is NC(=O)C(CC=C(Cl)Cl)c1ccccc1. The van der Waals surface area contributed by atoms with E-state index in [1.165, 1.54) is 0 Å². The normalized spacial score (nSPS) is 11.9. The topological polar surface area (TPSA) is 43.1 Å². The molecule has 0 aliphatic carbocycles. The third kappa shape index (κ3) is 3.94. The summed E-state index contributed by atoms with van der Waals surface area (Å²) < 4.78 is 0.150. The zero-order chi connectivity index (χ0) is 11.3. The van der Waals surface area contributed by atoms with Gasteiger partial charge in [0.2, 0.25) is 5.91 Å². The second kappa shape index (κ2) is 5.79. The third-order valence-electron chi connectivity index (χ3n) is 2.05. The maximum Gasteiger partial charge on any atom is 0.225 e. The van der Waals surface area contributed by atoms with Crippen molar-refractivity contribution in [2.45, 2.75) is 12.3 Å². The molecule has 2 nitrogen and oxygen atoms in total. The van der Waals surface area contributed by atoms with Crippen LogP contribution in [0.1, 0.15) is 17.9 Å². The van der Waals surface area contributed by atoms with E-state index in [9.17, 15) is 4.79 Å². The van der Waals surface area contributed by atoms with E-state index in [-0.39, 0.29) is 16.3 Å². The van der Waals surface area contributed by atoms with Crippen LogP contribution in [0.5, 0.6) is 0 Å². The van der Waals surface area contributed by atoms with Gasteiger partial charge >= 0.3 is 0 Å². The molecule has 1 rings (SSSR count). The van der Waals surface area contributed by atoms with Crippen LogP contribution in [0, 0.1) is 0 Å². The first-order valence-electron chi connectivity index (χ1n) is 4.46. The van der Waals surface area contributed by atoms with Crippen molar-refractivity contribution in [2.75, 3.05) is 0 Å². The molecule has 0 fully saturated rings. The number of nitrogens with two attached hydrogens (primary N) is 1. The van der Waals surface area contributed by atoms with Gasteiger partial charge in [0.25, 0.3) is 0 Å². The van der Waals surface area contributed by atoms with Crippen molar-refractivity contribution < 1.29 is 4.79 Å². The van der Waals surface area contributed by atoms with E-state index < -0.39 is 0 Å². The maximum absolute atomic E-state index is 11.2. The first-order chi connectivity index (χ1) is 7.11. The summed E-state index contributed by atoms with van der Waals surface area (Å²) in [5, 5.41) is 0. The lowest BCUT2D eigenvalue weighted by molar-refractivity contribution is -0.119. The molecule has 4 heteroatoms. The van der Waals surface area contributed by atoms with Crippen LogP contribution in [0.3, 0.4) is 0 Å². The smallest absolute Gasteiger partial charge is 0.225 e. The molecule has 0 aliphatic heterocycles. The molecule has 1 atom stereocenters. The highest BCUT2D eigenvalue weighted by Crippen LogP contribution is 2.21. The monoisotopic (exact) mass is 243 g/mol. The molecule has 1 aromatic rings. The predicted molar refractivity (Wildman–Crippen MR) is 62.8 cm³/mol. The van der Waals surface area contributed by atoms with Crippen LogP contribution < -0.4 is 5.73 Å². The number of benzene rings is 1. The Morgan fingerprint density at radius 1 is 1.33 bits per heavy atom. The summed E-state index contributed by atoms with van der Waals surface area (Å²) in [4.78, 5) is 11.2. The van der Waals surface area contributed by atoms with Crippen molar-refractivity contribution in [3.63, 3.8) is 0 Å². The van der Waals surface area contributed by atoms with E-state index in [1.807, 2.05) is 30.3 Å².